The lowest BCUT2D eigenvalue weighted by Crippen LogP contribution is -2.56. The number of carbonyl (C=O) groups excluding carboxylic acids is 1. The van der Waals surface area contributed by atoms with Crippen molar-refractivity contribution in [2.24, 2.45) is 5.29 Å². The molecule has 0 spiro atoms. The summed E-state index contributed by atoms with van der Waals surface area (Å²) in [5, 5.41) is 2.48. The normalized spacial score (nSPS) is 23.8. The van der Waals surface area contributed by atoms with E-state index in [0.717, 1.165) is 4.90 Å². The fourth-order valence-electron chi connectivity index (χ4n) is 2.03. The molecule has 1 rings (SSSR count). The highest BCUT2D eigenvalue weighted by Gasteiger charge is 2.47. The van der Waals surface area contributed by atoms with Gasteiger partial charge in [0.25, 0.3) is 5.92 Å². The van der Waals surface area contributed by atoms with Gasteiger partial charge in [0, 0.05) is 6.54 Å². The van der Waals surface area contributed by atoms with E-state index in [1.54, 1.807) is 0 Å². The highest BCUT2D eigenvalue weighted by atomic mass is 127. The van der Waals surface area contributed by atoms with E-state index < -0.39 is 30.5 Å². The average molecular weight is 391 g/mol. The van der Waals surface area contributed by atoms with Crippen LogP contribution in [0.15, 0.2) is 5.29 Å². The fourth-order valence-corrected chi connectivity index (χ4v) is 2.66. The first kappa shape index (κ1) is 16.5. The van der Waals surface area contributed by atoms with Gasteiger partial charge in [0.05, 0.1) is 11.8 Å². The zero-order chi connectivity index (χ0) is 14.5. The predicted molar refractivity (Wildman–Crippen MR) is 72.7 cm³/mol. The molecule has 0 aromatic rings. The summed E-state index contributed by atoms with van der Waals surface area (Å²) in [7, 11) is 0. The topological polar surface area (TPSA) is 71.0 Å². The molecule has 0 radical (unpaired) electrons. The monoisotopic (exact) mass is 391 g/mol. The van der Waals surface area contributed by atoms with Gasteiger partial charge in [0.15, 0.2) is 0 Å². The first-order chi connectivity index (χ1) is 8.96. The molecule has 6 nitrogen and oxygen atoms in total. The summed E-state index contributed by atoms with van der Waals surface area (Å²) in [6.07, 6.45) is -0.102. The van der Waals surface area contributed by atoms with Crippen LogP contribution in [0.5, 0.6) is 0 Å². The molecule has 1 amide bonds. The number of piperidine rings is 1. The van der Waals surface area contributed by atoms with E-state index in [9.17, 15) is 18.5 Å². The Balaban J connectivity index is 2.69. The SMILES string of the molecule is CCCC(NN=O)C(=O)N1CC[C@H](OI)C(F)(F)C1. The molecular formula is C10H16F2IN3O3. The highest BCUT2D eigenvalue weighted by molar-refractivity contribution is 14.1. The Morgan fingerprint density at radius 2 is 2.37 bits per heavy atom. The van der Waals surface area contributed by atoms with Gasteiger partial charge in [-0.25, -0.2) is 8.78 Å². The molecule has 1 unspecified atom stereocenters. The molecule has 1 aliphatic heterocycles. The van der Waals surface area contributed by atoms with Gasteiger partial charge in [0.1, 0.15) is 35.2 Å². The van der Waals surface area contributed by atoms with E-state index in [0.29, 0.717) is 12.8 Å². The van der Waals surface area contributed by atoms with Crippen molar-refractivity contribution in [2.75, 3.05) is 13.1 Å². The second-order valence-electron chi connectivity index (χ2n) is 4.45. The number of nitrogens with one attached hydrogen (secondary N) is 1. The van der Waals surface area contributed by atoms with Crippen LogP contribution in [0.3, 0.4) is 0 Å². The second-order valence-corrected chi connectivity index (χ2v) is 4.96. The minimum Gasteiger partial charge on any atom is -0.335 e. The van der Waals surface area contributed by atoms with Crippen molar-refractivity contribution in [3.05, 3.63) is 4.91 Å². The number of carbonyl (C=O) groups is 1. The van der Waals surface area contributed by atoms with Crippen molar-refractivity contribution < 1.29 is 16.6 Å². The Hall–Kier alpha value is -0.580. The Labute approximate surface area is 123 Å². The molecule has 0 aromatic carbocycles. The first-order valence-corrected chi connectivity index (χ1v) is 6.86. The van der Waals surface area contributed by atoms with Crippen LogP contribution in [-0.2, 0) is 7.86 Å². The van der Waals surface area contributed by atoms with Crippen molar-refractivity contribution in [1.29, 1.82) is 0 Å². The summed E-state index contributed by atoms with van der Waals surface area (Å²) in [6, 6.07) is -0.838. The lowest BCUT2D eigenvalue weighted by atomic mass is 10.0. The van der Waals surface area contributed by atoms with E-state index >= 15 is 0 Å². The van der Waals surface area contributed by atoms with Crippen LogP contribution in [0.4, 0.5) is 8.78 Å². The van der Waals surface area contributed by atoms with Crippen molar-refractivity contribution in [3.63, 3.8) is 0 Å². The van der Waals surface area contributed by atoms with Gasteiger partial charge in [-0.1, -0.05) is 13.3 Å². The molecule has 0 aliphatic carbocycles. The maximum absolute atomic E-state index is 13.7. The van der Waals surface area contributed by atoms with Crippen LogP contribution in [0.1, 0.15) is 26.2 Å². The summed E-state index contributed by atoms with van der Waals surface area (Å²) in [4.78, 5) is 23.3. The van der Waals surface area contributed by atoms with Crippen molar-refractivity contribution in [3.8, 4) is 0 Å². The molecule has 0 saturated carbocycles. The summed E-state index contributed by atoms with van der Waals surface area (Å²) < 4.78 is 32.1. The van der Waals surface area contributed by atoms with Crippen LogP contribution < -0.4 is 5.43 Å². The maximum Gasteiger partial charge on any atom is 0.291 e. The lowest BCUT2D eigenvalue weighted by molar-refractivity contribution is -0.157. The summed E-state index contributed by atoms with van der Waals surface area (Å²) in [5.41, 5.74) is 2.13. The van der Waals surface area contributed by atoms with Gasteiger partial charge in [0.2, 0.25) is 5.91 Å². The van der Waals surface area contributed by atoms with E-state index in [1.807, 2.05) is 6.92 Å². The number of amides is 1. The van der Waals surface area contributed by atoms with Crippen molar-refractivity contribution >= 4 is 28.9 Å². The molecule has 2 atom stereocenters. The number of nitrogens with zero attached hydrogens (tertiary/aromatic N) is 2. The third kappa shape index (κ3) is 4.20. The zero-order valence-electron chi connectivity index (χ0n) is 10.4. The molecule has 110 valence electrons. The molecule has 1 aliphatic rings. The van der Waals surface area contributed by atoms with Crippen LogP contribution in [-0.4, -0.2) is 42.0 Å². The van der Waals surface area contributed by atoms with Gasteiger partial charge < -0.3 is 7.97 Å². The van der Waals surface area contributed by atoms with Gasteiger partial charge in [-0.2, -0.15) is 0 Å². The highest BCUT2D eigenvalue weighted by Crippen LogP contribution is 2.31. The predicted octanol–water partition coefficient (Wildman–Crippen LogP) is 2.03. The smallest absolute Gasteiger partial charge is 0.291 e. The van der Waals surface area contributed by atoms with Crippen molar-refractivity contribution in [1.82, 2.24) is 10.3 Å². The summed E-state index contributed by atoms with van der Waals surface area (Å²) in [5.74, 6) is -3.60. The number of rotatable bonds is 6. The number of alkyl halides is 2. The minimum absolute atomic E-state index is 0.0645. The zero-order valence-corrected chi connectivity index (χ0v) is 12.6. The molecule has 0 aromatic heterocycles. The average Bonchev–Trinajstić information content (AvgIpc) is 2.36. The number of halogens is 3. The van der Waals surface area contributed by atoms with Gasteiger partial charge in [-0.15, -0.1) is 4.91 Å². The molecule has 9 heteroatoms. The number of hydrogen-bond acceptors (Lipinski definition) is 4. The van der Waals surface area contributed by atoms with Gasteiger partial charge in [-0.05, 0) is 12.8 Å². The first-order valence-electron chi connectivity index (χ1n) is 5.98. The van der Waals surface area contributed by atoms with E-state index in [4.69, 9.17) is 0 Å². The summed E-state index contributed by atoms with van der Waals surface area (Å²) >= 11 is 1.44. The van der Waals surface area contributed by atoms with Crippen LogP contribution >= 0.6 is 23.0 Å². The quantitative estimate of drug-likeness (QED) is 0.428. The Bertz CT molecular complexity index is 333. The van der Waals surface area contributed by atoms with Crippen LogP contribution in [0, 0.1) is 4.91 Å². The minimum atomic E-state index is -3.08. The second kappa shape index (κ2) is 7.27. The largest absolute Gasteiger partial charge is 0.335 e. The van der Waals surface area contributed by atoms with Gasteiger partial charge >= 0.3 is 0 Å². The lowest BCUT2D eigenvalue weighted by Gasteiger charge is -2.38. The number of likely N-dealkylation sites (tertiary alicyclic amines) is 1. The van der Waals surface area contributed by atoms with E-state index in [2.05, 4.69) is 13.8 Å². The molecular weight excluding hydrogens is 375 g/mol. The fraction of sp³-hybridized carbons (Fsp3) is 0.900. The molecule has 1 N–H and O–H groups in total. The summed E-state index contributed by atoms with van der Waals surface area (Å²) in [6.45, 7) is 1.32. The maximum atomic E-state index is 13.7. The Morgan fingerprint density at radius 3 is 2.84 bits per heavy atom. The molecule has 1 saturated heterocycles. The van der Waals surface area contributed by atoms with E-state index in [1.165, 1.54) is 23.0 Å². The van der Waals surface area contributed by atoms with E-state index in [-0.39, 0.29) is 13.0 Å². The molecule has 1 heterocycles. The molecule has 19 heavy (non-hydrogen) atoms. The van der Waals surface area contributed by atoms with Gasteiger partial charge in [-0.3, -0.25) is 10.2 Å². The molecule has 0 bridgehead atoms. The Kier molecular flexibility index (Phi) is 6.30. The standard InChI is InChI=1S/C10H16F2IN3O3/c1-2-3-7(14-15-18)9(17)16-5-4-8(19-13)10(11,12)6-16/h7-8H,2-6H2,1H3,(H,14,18)/t7?,8-/m0/s1. The number of nitroso groups, excluding NO2 is 1. The third-order valence-electron chi connectivity index (χ3n) is 3.04. The van der Waals surface area contributed by atoms with Crippen molar-refractivity contribution in [2.45, 2.75) is 44.3 Å². The number of hydrogen-bond donors (Lipinski definition) is 1. The third-order valence-corrected chi connectivity index (χ3v) is 3.65. The molecule has 1 fully saturated rings. The van der Waals surface area contributed by atoms with Crippen LogP contribution in [0.25, 0.3) is 0 Å². The van der Waals surface area contributed by atoms with Crippen LogP contribution in [0.2, 0.25) is 0 Å². The Morgan fingerprint density at radius 1 is 1.68 bits per heavy atom.